The van der Waals surface area contributed by atoms with Crippen LogP contribution in [0.3, 0.4) is 0 Å². The summed E-state index contributed by atoms with van der Waals surface area (Å²) in [6.45, 7) is 4.79. The maximum atomic E-state index is 5.25. The molecule has 0 saturated carbocycles. The molecule has 1 aromatic carbocycles. The summed E-state index contributed by atoms with van der Waals surface area (Å²) in [6, 6.07) is 5.89. The van der Waals surface area contributed by atoms with E-state index in [0.29, 0.717) is 5.95 Å². The van der Waals surface area contributed by atoms with Crippen LogP contribution in [0.4, 0.5) is 17.5 Å². The maximum Gasteiger partial charge on any atom is 0.224 e. The second kappa shape index (κ2) is 6.56. The molecule has 20 heavy (non-hydrogen) atoms. The van der Waals surface area contributed by atoms with Gasteiger partial charge in [0.15, 0.2) is 0 Å². The molecule has 2 aromatic rings. The Bertz CT molecular complexity index is 604. The molecule has 0 aliphatic rings. The highest BCUT2D eigenvalue weighted by Crippen LogP contribution is 2.27. The number of nitrogens with zero attached hydrogens (tertiary/aromatic N) is 2. The van der Waals surface area contributed by atoms with Crippen LogP contribution in [0, 0.1) is 6.92 Å². The molecule has 5 nitrogen and oxygen atoms in total. The summed E-state index contributed by atoms with van der Waals surface area (Å²) in [5.74, 6) is 2.19. The lowest BCUT2D eigenvalue weighted by atomic mass is 10.2. The normalized spacial score (nSPS) is 10.2. The summed E-state index contributed by atoms with van der Waals surface area (Å²) in [7, 11) is 1.67. The van der Waals surface area contributed by atoms with E-state index in [0.717, 1.165) is 33.8 Å². The minimum atomic E-state index is 0.600. The lowest BCUT2D eigenvalue weighted by molar-refractivity contribution is 0.412. The summed E-state index contributed by atoms with van der Waals surface area (Å²) < 4.78 is 6.06. The van der Waals surface area contributed by atoms with Crippen LogP contribution in [0.5, 0.6) is 5.75 Å². The number of aryl methyl sites for hydroxylation is 1. The van der Waals surface area contributed by atoms with E-state index in [2.05, 4.69) is 36.5 Å². The van der Waals surface area contributed by atoms with E-state index < -0.39 is 0 Å². The molecule has 6 heteroatoms. The molecule has 0 fully saturated rings. The molecule has 0 spiro atoms. The van der Waals surface area contributed by atoms with Gasteiger partial charge in [0.2, 0.25) is 5.95 Å². The Morgan fingerprint density at radius 2 is 2.15 bits per heavy atom. The van der Waals surface area contributed by atoms with Gasteiger partial charge in [-0.2, -0.15) is 4.98 Å². The molecule has 0 amide bonds. The van der Waals surface area contributed by atoms with E-state index in [9.17, 15) is 0 Å². The molecule has 0 saturated heterocycles. The van der Waals surface area contributed by atoms with Gasteiger partial charge in [-0.15, -0.1) is 0 Å². The van der Waals surface area contributed by atoms with Crippen molar-refractivity contribution < 1.29 is 4.74 Å². The Labute approximate surface area is 126 Å². The van der Waals surface area contributed by atoms with Crippen molar-refractivity contribution in [3.63, 3.8) is 0 Å². The first kappa shape index (κ1) is 14.6. The summed E-state index contributed by atoms with van der Waals surface area (Å²) in [5.41, 5.74) is 2.01. The van der Waals surface area contributed by atoms with Gasteiger partial charge in [0.1, 0.15) is 11.6 Å². The molecular weight excluding hydrogens is 320 g/mol. The van der Waals surface area contributed by atoms with E-state index in [1.165, 1.54) is 0 Å². The van der Waals surface area contributed by atoms with E-state index in [-0.39, 0.29) is 0 Å². The van der Waals surface area contributed by atoms with Crippen LogP contribution in [0.25, 0.3) is 0 Å². The molecule has 0 aliphatic heterocycles. The van der Waals surface area contributed by atoms with Crippen molar-refractivity contribution in [3.8, 4) is 5.75 Å². The van der Waals surface area contributed by atoms with Crippen LogP contribution in [0.15, 0.2) is 28.9 Å². The summed E-state index contributed by atoms with van der Waals surface area (Å²) in [6.07, 6.45) is 1.73. The third-order valence-electron chi connectivity index (χ3n) is 2.74. The Kier molecular flexibility index (Phi) is 4.79. The zero-order valence-corrected chi connectivity index (χ0v) is 13.3. The fraction of sp³-hybridized carbons (Fsp3) is 0.286. The molecule has 0 atom stereocenters. The van der Waals surface area contributed by atoms with Gasteiger partial charge in [0.05, 0.1) is 11.6 Å². The van der Waals surface area contributed by atoms with Crippen molar-refractivity contribution in [1.82, 2.24) is 9.97 Å². The Morgan fingerprint density at radius 1 is 1.35 bits per heavy atom. The van der Waals surface area contributed by atoms with Crippen LogP contribution in [-0.2, 0) is 0 Å². The van der Waals surface area contributed by atoms with Crippen molar-refractivity contribution in [1.29, 1.82) is 0 Å². The van der Waals surface area contributed by atoms with Gasteiger partial charge in [-0.25, -0.2) is 4.98 Å². The first-order chi connectivity index (χ1) is 9.63. The SMILES string of the molecule is CCNc1ncc(Br)c(Nc2ccc(OC)c(C)c2)n1. The summed E-state index contributed by atoms with van der Waals surface area (Å²) in [4.78, 5) is 8.60. The zero-order chi connectivity index (χ0) is 14.5. The van der Waals surface area contributed by atoms with Crippen LogP contribution >= 0.6 is 15.9 Å². The van der Waals surface area contributed by atoms with Crippen LogP contribution < -0.4 is 15.4 Å². The first-order valence-corrected chi connectivity index (χ1v) is 7.11. The third-order valence-corrected chi connectivity index (χ3v) is 3.32. The second-order valence-electron chi connectivity index (χ2n) is 4.23. The molecule has 0 bridgehead atoms. The molecule has 0 aliphatic carbocycles. The smallest absolute Gasteiger partial charge is 0.224 e. The molecule has 0 radical (unpaired) electrons. The largest absolute Gasteiger partial charge is 0.496 e. The van der Waals surface area contributed by atoms with Crippen molar-refractivity contribution in [3.05, 3.63) is 34.4 Å². The molecule has 1 heterocycles. The van der Waals surface area contributed by atoms with Gasteiger partial charge < -0.3 is 15.4 Å². The number of hydrogen-bond donors (Lipinski definition) is 2. The molecule has 106 valence electrons. The number of rotatable bonds is 5. The van der Waals surface area contributed by atoms with E-state index in [1.54, 1.807) is 13.3 Å². The van der Waals surface area contributed by atoms with Gasteiger partial charge >= 0.3 is 0 Å². The fourth-order valence-electron chi connectivity index (χ4n) is 1.79. The molecule has 0 unspecified atom stereocenters. The second-order valence-corrected chi connectivity index (χ2v) is 5.08. The number of ether oxygens (including phenoxy) is 1. The number of hydrogen-bond acceptors (Lipinski definition) is 5. The Morgan fingerprint density at radius 3 is 2.80 bits per heavy atom. The van der Waals surface area contributed by atoms with Gasteiger partial charge in [-0.05, 0) is 53.5 Å². The first-order valence-electron chi connectivity index (χ1n) is 6.32. The van der Waals surface area contributed by atoms with Gasteiger partial charge in [-0.1, -0.05) is 0 Å². The van der Waals surface area contributed by atoms with E-state index in [1.807, 2.05) is 32.0 Å². The van der Waals surface area contributed by atoms with Gasteiger partial charge in [0, 0.05) is 18.4 Å². The average Bonchev–Trinajstić information content (AvgIpc) is 2.43. The maximum absolute atomic E-state index is 5.25. The summed E-state index contributed by atoms with van der Waals surface area (Å²) >= 11 is 3.45. The number of aromatic nitrogens is 2. The number of nitrogens with one attached hydrogen (secondary N) is 2. The zero-order valence-electron chi connectivity index (χ0n) is 11.7. The fourth-order valence-corrected chi connectivity index (χ4v) is 2.08. The lowest BCUT2D eigenvalue weighted by Gasteiger charge is -2.11. The molecule has 1 aromatic heterocycles. The molecular formula is C14H17BrN4O. The molecule has 2 rings (SSSR count). The highest BCUT2D eigenvalue weighted by atomic mass is 79.9. The van der Waals surface area contributed by atoms with Crippen LogP contribution in [0.2, 0.25) is 0 Å². The van der Waals surface area contributed by atoms with Crippen molar-refractivity contribution in [2.75, 3.05) is 24.3 Å². The minimum absolute atomic E-state index is 0.600. The lowest BCUT2D eigenvalue weighted by Crippen LogP contribution is -2.04. The highest BCUT2D eigenvalue weighted by molar-refractivity contribution is 9.10. The number of benzene rings is 1. The van der Waals surface area contributed by atoms with Gasteiger partial charge in [-0.3, -0.25) is 0 Å². The van der Waals surface area contributed by atoms with E-state index in [4.69, 9.17) is 4.74 Å². The van der Waals surface area contributed by atoms with Crippen molar-refractivity contribution >= 4 is 33.4 Å². The minimum Gasteiger partial charge on any atom is -0.496 e. The van der Waals surface area contributed by atoms with Crippen LogP contribution in [-0.4, -0.2) is 23.6 Å². The third kappa shape index (κ3) is 3.39. The molecule has 2 N–H and O–H groups in total. The summed E-state index contributed by atoms with van der Waals surface area (Å²) in [5, 5.41) is 6.36. The predicted octanol–water partition coefficient (Wildman–Crippen LogP) is 3.73. The van der Waals surface area contributed by atoms with Crippen LogP contribution in [0.1, 0.15) is 12.5 Å². The standard InChI is InChI=1S/C14H17BrN4O/c1-4-16-14-17-8-11(15)13(19-14)18-10-5-6-12(20-3)9(2)7-10/h5-8H,4H2,1-3H3,(H2,16,17,18,19). The van der Waals surface area contributed by atoms with Crippen molar-refractivity contribution in [2.45, 2.75) is 13.8 Å². The van der Waals surface area contributed by atoms with Gasteiger partial charge in [0.25, 0.3) is 0 Å². The predicted molar refractivity (Wildman–Crippen MR) is 84.9 cm³/mol. The highest BCUT2D eigenvalue weighted by Gasteiger charge is 2.06. The number of halogens is 1. The van der Waals surface area contributed by atoms with Crippen molar-refractivity contribution in [2.24, 2.45) is 0 Å². The topological polar surface area (TPSA) is 59.1 Å². The monoisotopic (exact) mass is 336 g/mol. The average molecular weight is 337 g/mol. The number of anilines is 3. The number of methoxy groups -OCH3 is 1. The Balaban J connectivity index is 2.24. The quantitative estimate of drug-likeness (QED) is 0.871. The Hall–Kier alpha value is -1.82. The van der Waals surface area contributed by atoms with E-state index >= 15 is 0 Å².